The van der Waals surface area contributed by atoms with E-state index in [2.05, 4.69) is 18.3 Å². The van der Waals surface area contributed by atoms with E-state index >= 15 is 0 Å². The van der Waals surface area contributed by atoms with Gasteiger partial charge in [0.2, 0.25) is 0 Å². The fourth-order valence-corrected chi connectivity index (χ4v) is 3.17. The van der Waals surface area contributed by atoms with Gasteiger partial charge in [0.1, 0.15) is 0 Å². The minimum absolute atomic E-state index is 0.455. The molecule has 1 aliphatic carbocycles. The first-order valence-electron chi connectivity index (χ1n) is 8.12. The van der Waals surface area contributed by atoms with Crippen molar-refractivity contribution in [1.82, 2.24) is 5.32 Å². The predicted molar refractivity (Wildman–Crippen MR) is 84.8 cm³/mol. The van der Waals surface area contributed by atoms with Crippen LogP contribution in [0.15, 0.2) is 24.3 Å². The molecule has 1 saturated carbocycles. The molecular formula is C18H26N2O. The Balaban J connectivity index is 1.81. The third kappa shape index (κ3) is 4.84. The highest BCUT2D eigenvalue weighted by Crippen LogP contribution is 2.25. The van der Waals surface area contributed by atoms with Gasteiger partial charge >= 0.3 is 0 Å². The molecule has 1 unspecified atom stereocenters. The lowest BCUT2D eigenvalue weighted by Crippen LogP contribution is -2.36. The molecule has 114 valence electrons. The van der Waals surface area contributed by atoms with Crippen LogP contribution in [-0.2, 0) is 0 Å². The van der Waals surface area contributed by atoms with Crippen LogP contribution in [0.5, 0.6) is 0 Å². The highest BCUT2D eigenvalue weighted by Gasteiger charge is 2.19. The van der Waals surface area contributed by atoms with Gasteiger partial charge in [-0.25, -0.2) is 0 Å². The number of hydrogen-bond acceptors (Lipinski definition) is 3. The zero-order valence-corrected chi connectivity index (χ0v) is 12.9. The fourth-order valence-electron chi connectivity index (χ4n) is 3.17. The van der Waals surface area contributed by atoms with Crippen molar-refractivity contribution in [1.29, 1.82) is 5.26 Å². The van der Waals surface area contributed by atoms with E-state index in [-0.39, 0.29) is 0 Å². The minimum Gasteiger partial charge on any atom is -0.387 e. The molecule has 0 radical (unpaired) electrons. The van der Waals surface area contributed by atoms with Crippen molar-refractivity contribution in [2.75, 3.05) is 6.54 Å². The van der Waals surface area contributed by atoms with Crippen molar-refractivity contribution in [2.45, 2.75) is 57.6 Å². The van der Waals surface area contributed by atoms with Crippen molar-refractivity contribution in [3.05, 3.63) is 35.4 Å². The third-order valence-electron chi connectivity index (χ3n) is 4.66. The van der Waals surface area contributed by atoms with E-state index in [1.165, 1.54) is 38.5 Å². The maximum Gasteiger partial charge on any atom is 0.0991 e. The molecule has 0 bridgehead atoms. The molecule has 3 heteroatoms. The molecule has 21 heavy (non-hydrogen) atoms. The first-order valence-corrected chi connectivity index (χ1v) is 8.12. The molecule has 0 aliphatic heterocycles. The van der Waals surface area contributed by atoms with Crippen molar-refractivity contribution < 1.29 is 5.11 Å². The molecule has 2 N–H and O–H groups in total. The summed E-state index contributed by atoms with van der Waals surface area (Å²) in [6.45, 7) is 2.81. The Bertz CT molecular complexity index is 455. The monoisotopic (exact) mass is 286 g/mol. The third-order valence-corrected chi connectivity index (χ3v) is 4.66. The SMILES string of the molecule is C[C@H](NCC(O)c1ccc(C#N)cc1)C1CCCCCC1. The minimum atomic E-state index is -0.508. The highest BCUT2D eigenvalue weighted by molar-refractivity contribution is 5.32. The van der Waals surface area contributed by atoms with Crippen LogP contribution in [0.3, 0.4) is 0 Å². The van der Waals surface area contributed by atoms with Crippen LogP contribution < -0.4 is 5.32 Å². The second-order valence-corrected chi connectivity index (χ2v) is 6.20. The van der Waals surface area contributed by atoms with Crippen molar-refractivity contribution in [3.63, 3.8) is 0 Å². The predicted octanol–water partition coefficient (Wildman–Crippen LogP) is 3.54. The molecule has 3 nitrogen and oxygen atoms in total. The Morgan fingerprint density at radius 3 is 2.38 bits per heavy atom. The lowest BCUT2D eigenvalue weighted by atomic mass is 9.93. The molecule has 2 rings (SSSR count). The number of nitriles is 1. The van der Waals surface area contributed by atoms with Gasteiger partial charge in [-0.3, -0.25) is 0 Å². The average Bonchev–Trinajstić information content (AvgIpc) is 2.81. The van der Waals surface area contributed by atoms with Crippen LogP contribution >= 0.6 is 0 Å². The lowest BCUT2D eigenvalue weighted by Gasteiger charge is -2.25. The smallest absolute Gasteiger partial charge is 0.0991 e. The van der Waals surface area contributed by atoms with E-state index in [1.807, 2.05) is 12.1 Å². The molecule has 2 atom stereocenters. The van der Waals surface area contributed by atoms with E-state index in [9.17, 15) is 5.11 Å². The molecule has 0 aromatic heterocycles. The molecule has 1 fully saturated rings. The summed E-state index contributed by atoms with van der Waals surface area (Å²) >= 11 is 0. The number of nitrogens with one attached hydrogen (secondary N) is 1. The lowest BCUT2D eigenvalue weighted by molar-refractivity contribution is 0.164. The van der Waals surface area contributed by atoms with E-state index in [1.54, 1.807) is 12.1 Å². The zero-order chi connectivity index (χ0) is 15.1. The second kappa shape index (κ2) is 8.17. The van der Waals surface area contributed by atoms with Gasteiger partial charge in [-0.1, -0.05) is 37.8 Å². The van der Waals surface area contributed by atoms with Crippen molar-refractivity contribution in [3.8, 4) is 6.07 Å². The quantitative estimate of drug-likeness (QED) is 0.814. The van der Waals surface area contributed by atoms with Crippen molar-refractivity contribution in [2.24, 2.45) is 5.92 Å². The van der Waals surface area contributed by atoms with Crippen molar-refractivity contribution >= 4 is 0 Å². The molecule has 0 saturated heterocycles. The molecule has 1 aliphatic rings. The summed E-state index contributed by atoms with van der Waals surface area (Å²) in [5, 5.41) is 22.5. The largest absolute Gasteiger partial charge is 0.387 e. The van der Waals surface area contributed by atoms with Gasteiger partial charge in [0, 0.05) is 12.6 Å². The Labute approximate surface area is 128 Å². The maximum atomic E-state index is 10.2. The fraction of sp³-hybridized carbons (Fsp3) is 0.611. The Hall–Kier alpha value is -1.37. The number of rotatable bonds is 5. The topological polar surface area (TPSA) is 56.0 Å². The molecule has 0 heterocycles. The highest BCUT2D eigenvalue weighted by atomic mass is 16.3. The zero-order valence-electron chi connectivity index (χ0n) is 12.9. The Morgan fingerprint density at radius 1 is 1.19 bits per heavy atom. The van der Waals surface area contributed by atoms with E-state index < -0.39 is 6.10 Å². The van der Waals surface area contributed by atoms with E-state index in [4.69, 9.17) is 5.26 Å². The first-order chi connectivity index (χ1) is 10.2. The van der Waals surface area contributed by atoms with Gasteiger partial charge in [0.15, 0.2) is 0 Å². The second-order valence-electron chi connectivity index (χ2n) is 6.20. The Morgan fingerprint density at radius 2 is 1.81 bits per heavy atom. The standard InChI is InChI=1S/C18H26N2O/c1-14(16-6-4-2-3-5-7-16)20-13-18(21)17-10-8-15(12-19)9-11-17/h8-11,14,16,18,20-21H,2-7,13H2,1H3/t14-,18?/m0/s1. The van der Waals surface area contributed by atoms with Gasteiger partial charge < -0.3 is 10.4 Å². The molecular weight excluding hydrogens is 260 g/mol. The van der Waals surface area contributed by atoms with E-state index in [0.717, 1.165) is 11.5 Å². The first kappa shape index (κ1) is 16.0. The Kier molecular flexibility index (Phi) is 6.22. The molecule has 0 amide bonds. The summed E-state index contributed by atoms with van der Waals surface area (Å²) in [4.78, 5) is 0. The number of benzene rings is 1. The van der Waals surface area contributed by atoms with Gasteiger partial charge in [-0.2, -0.15) is 5.26 Å². The summed E-state index contributed by atoms with van der Waals surface area (Å²) in [5.41, 5.74) is 1.50. The van der Waals surface area contributed by atoms with Crippen LogP contribution in [0, 0.1) is 17.2 Å². The maximum absolute atomic E-state index is 10.2. The van der Waals surface area contributed by atoms with E-state index in [0.29, 0.717) is 18.2 Å². The van der Waals surface area contributed by atoms with Gasteiger partial charge in [-0.05, 0) is 43.4 Å². The van der Waals surface area contributed by atoms with Gasteiger partial charge in [-0.15, -0.1) is 0 Å². The number of aliphatic hydroxyl groups is 1. The van der Waals surface area contributed by atoms with Gasteiger partial charge in [0.25, 0.3) is 0 Å². The van der Waals surface area contributed by atoms with Crippen LogP contribution in [0.4, 0.5) is 0 Å². The summed E-state index contributed by atoms with van der Waals surface area (Å²) in [6.07, 6.45) is 7.53. The number of nitrogens with zero attached hydrogens (tertiary/aromatic N) is 1. The van der Waals surface area contributed by atoms with Crippen LogP contribution in [0.2, 0.25) is 0 Å². The molecule has 0 spiro atoms. The summed E-state index contributed by atoms with van der Waals surface area (Å²) in [6, 6.07) is 9.73. The summed E-state index contributed by atoms with van der Waals surface area (Å²) in [7, 11) is 0. The molecule has 1 aromatic rings. The summed E-state index contributed by atoms with van der Waals surface area (Å²) in [5.74, 6) is 0.737. The van der Waals surface area contributed by atoms with Gasteiger partial charge in [0.05, 0.1) is 17.7 Å². The van der Waals surface area contributed by atoms with Crippen LogP contribution in [-0.4, -0.2) is 17.7 Å². The average molecular weight is 286 g/mol. The normalized spacial score (nSPS) is 19.5. The van der Waals surface area contributed by atoms with Crippen LogP contribution in [0.1, 0.15) is 62.7 Å². The number of hydrogen-bond donors (Lipinski definition) is 2. The number of aliphatic hydroxyl groups excluding tert-OH is 1. The summed E-state index contributed by atoms with van der Waals surface area (Å²) < 4.78 is 0. The van der Waals surface area contributed by atoms with Crippen LogP contribution in [0.25, 0.3) is 0 Å². The molecule has 1 aromatic carbocycles.